The molecular weight excluding hydrogens is 312 g/mol. The summed E-state index contributed by atoms with van der Waals surface area (Å²) in [5, 5.41) is 17.8. The van der Waals surface area contributed by atoms with Crippen LogP contribution >= 0.6 is 0 Å². The Kier molecular flexibility index (Phi) is 5.62. The van der Waals surface area contributed by atoms with Crippen molar-refractivity contribution in [2.75, 3.05) is 13.1 Å². The van der Waals surface area contributed by atoms with Gasteiger partial charge in [0.1, 0.15) is 13.1 Å². The zero-order chi connectivity index (χ0) is 18.6. The SMILES string of the molecule is Cc1cc(C(=O)N(CC#N)CC#N)c(C)n1-c1ccc(C(C)C)cc1. The van der Waals surface area contributed by atoms with Crippen LogP contribution in [0.2, 0.25) is 0 Å². The molecule has 0 aliphatic carbocycles. The molecule has 0 spiro atoms. The van der Waals surface area contributed by atoms with Crippen LogP contribution in [-0.4, -0.2) is 28.5 Å². The Bertz CT molecular complexity index is 832. The number of aryl methyl sites for hydroxylation is 1. The van der Waals surface area contributed by atoms with E-state index in [-0.39, 0.29) is 19.0 Å². The first-order valence-electron chi connectivity index (χ1n) is 8.23. The third-order valence-electron chi connectivity index (χ3n) is 4.29. The standard InChI is InChI=1S/C20H22N4O/c1-14(2)17-5-7-18(8-6-17)24-15(3)13-19(16(24)4)20(25)23(11-9-21)12-10-22/h5-8,13-14H,11-12H2,1-4H3. The maximum atomic E-state index is 12.7. The van der Waals surface area contributed by atoms with Gasteiger partial charge >= 0.3 is 0 Å². The van der Waals surface area contributed by atoms with E-state index < -0.39 is 0 Å². The number of hydrogen-bond donors (Lipinski definition) is 0. The molecule has 0 aliphatic heterocycles. The topological polar surface area (TPSA) is 72.8 Å². The molecule has 0 saturated carbocycles. The maximum Gasteiger partial charge on any atom is 0.257 e. The van der Waals surface area contributed by atoms with E-state index in [2.05, 4.69) is 26.0 Å². The maximum absolute atomic E-state index is 12.7. The van der Waals surface area contributed by atoms with Gasteiger partial charge in [-0.25, -0.2) is 0 Å². The molecule has 1 amide bonds. The van der Waals surface area contributed by atoms with Gasteiger partial charge in [-0.05, 0) is 43.5 Å². The highest BCUT2D eigenvalue weighted by molar-refractivity contribution is 5.96. The van der Waals surface area contributed by atoms with E-state index in [1.807, 2.05) is 48.8 Å². The van der Waals surface area contributed by atoms with Crippen LogP contribution in [0.1, 0.15) is 47.1 Å². The van der Waals surface area contributed by atoms with E-state index in [9.17, 15) is 4.79 Å². The van der Waals surface area contributed by atoms with Crippen LogP contribution in [0, 0.1) is 36.5 Å². The molecule has 2 aromatic rings. The van der Waals surface area contributed by atoms with Gasteiger partial charge in [0.05, 0.1) is 17.7 Å². The molecule has 0 aliphatic rings. The molecule has 0 bridgehead atoms. The Balaban J connectivity index is 2.42. The van der Waals surface area contributed by atoms with Crippen LogP contribution in [0.15, 0.2) is 30.3 Å². The van der Waals surface area contributed by atoms with Crippen LogP contribution in [0.5, 0.6) is 0 Å². The molecule has 1 aromatic heterocycles. The highest BCUT2D eigenvalue weighted by atomic mass is 16.2. The van der Waals surface area contributed by atoms with Gasteiger partial charge in [-0.15, -0.1) is 0 Å². The smallest absolute Gasteiger partial charge is 0.257 e. The summed E-state index contributed by atoms with van der Waals surface area (Å²) in [6.45, 7) is 7.93. The first kappa shape index (κ1) is 18.3. The molecule has 1 heterocycles. The summed E-state index contributed by atoms with van der Waals surface area (Å²) in [6, 6.07) is 14.0. The van der Waals surface area contributed by atoms with Crippen molar-refractivity contribution in [1.82, 2.24) is 9.47 Å². The van der Waals surface area contributed by atoms with Gasteiger partial charge in [0.2, 0.25) is 0 Å². The fourth-order valence-corrected chi connectivity index (χ4v) is 2.93. The Morgan fingerprint density at radius 1 is 1.12 bits per heavy atom. The summed E-state index contributed by atoms with van der Waals surface area (Å²) in [6.07, 6.45) is 0. The lowest BCUT2D eigenvalue weighted by atomic mass is 10.0. The number of nitriles is 2. The average Bonchev–Trinajstić information content (AvgIpc) is 2.88. The van der Waals surface area contributed by atoms with E-state index >= 15 is 0 Å². The molecule has 0 saturated heterocycles. The number of carbonyl (C=O) groups is 1. The Hall–Kier alpha value is -3.05. The summed E-state index contributed by atoms with van der Waals surface area (Å²) in [7, 11) is 0. The van der Waals surface area contributed by atoms with Gasteiger partial charge in [0, 0.05) is 17.1 Å². The number of carbonyl (C=O) groups excluding carboxylic acids is 1. The van der Waals surface area contributed by atoms with E-state index in [4.69, 9.17) is 10.5 Å². The predicted octanol–water partition coefficient (Wildman–Crippen LogP) is 3.71. The minimum Gasteiger partial charge on any atom is -0.318 e. The molecule has 128 valence electrons. The van der Waals surface area contributed by atoms with Crippen molar-refractivity contribution in [1.29, 1.82) is 10.5 Å². The zero-order valence-electron chi connectivity index (χ0n) is 15.1. The largest absolute Gasteiger partial charge is 0.318 e. The van der Waals surface area contributed by atoms with Crippen LogP contribution in [0.4, 0.5) is 0 Å². The Morgan fingerprint density at radius 3 is 2.16 bits per heavy atom. The fraction of sp³-hybridized carbons (Fsp3) is 0.350. The number of benzene rings is 1. The third-order valence-corrected chi connectivity index (χ3v) is 4.29. The molecule has 1 aromatic carbocycles. The van der Waals surface area contributed by atoms with Crippen molar-refractivity contribution in [2.24, 2.45) is 0 Å². The van der Waals surface area contributed by atoms with Gasteiger partial charge < -0.3 is 9.47 Å². The fourth-order valence-electron chi connectivity index (χ4n) is 2.93. The minimum atomic E-state index is -0.291. The summed E-state index contributed by atoms with van der Waals surface area (Å²) >= 11 is 0. The zero-order valence-corrected chi connectivity index (χ0v) is 15.1. The van der Waals surface area contributed by atoms with Crippen molar-refractivity contribution < 1.29 is 4.79 Å². The lowest BCUT2D eigenvalue weighted by Gasteiger charge is -2.16. The summed E-state index contributed by atoms with van der Waals surface area (Å²) in [5.74, 6) is 0.171. The molecule has 0 radical (unpaired) electrons. The third kappa shape index (κ3) is 3.72. The lowest BCUT2D eigenvalue weighted by Crippen LogP contribution is -2.32. The quantitative estimate of drug-likeness (QED) is 0.782. The van der Waals surface area contributed by atoms with Crippen molar-refractivity contribution in [3.8, 4) is 17.8 Å². The first-order chi connectivity index (χ1) is 11.9. The van der Waals surface area contributed by atoms with E-state index in [1.165, 1.54) is 10.5 Å². The molecule has 5 nitrogen and oxygen atoms in total. The van der Waals surface area contributed by atoms with Gasteiger partial charge in [-0.3, -0.25) is 4.79 Å². The molecule has 0 fully saturated rings. The van der Waals surface area contributed by atoms with Crippen LogP contribution in [0.3, 0.4) is 0 Å². The second kappa shape index (κ2) is 7.68. The summed E-state index contributed by atoms with van der Waals surface area (Å²) < 4.78 is 2.02. The van der Waals surface area contributed by atoms with Gasteiger partial charge in [-0.2, -0.15) is 10.5 Å². The monoisotopic (exact) mass is 334 g/mol. The normalized spacial score (nSPS) is 10.4. The van der Waals surface area contributed by atoms with Gasteiger partial charge in [0.15, 0.2) is 0 Å². The highest BCUT2D eigenvalue weighted by Gasteiger charge is 2.21. The number of amides is 1. The minimum absolute atomic E-state index is 0.0981. The second-order valence-electron chi connectivity index (χ2n) is 6.34. The van der Waals surface area contributed by atoms with Crippen LogP contribution in [0.25, 0.3) is 5.69 Å². The van der Waals surface area contributed by atoms with Crippen LogP contribution < -0.4 is 0 Å². The average molecular weight is 334 g/mol. The number of aromatic nitrogens is 1. The van der Waals surface area contributed by atoms with Crippen molar-refractivity contribution >= 4 is 5.91 Å². The summed E-state index contributed by atoms with van der Waals surface area (Å²) in [4.78, 5) is 14.0. The van der Waals surface area contributed by atoms with E-state index in [0.717, 1.165) is 17.1 Å². The van der Waals surface area contributed by atoms with Crippen LogP contribution in [-0.2, 0) is 0 Å². The molecule has 0 unspecified atom stereocenters. The highest BCUT2D eigenvalue weighted by Crippen LogP contribution is 2.24. The van der Waals surface area contributed by atoms with Crippen molar-refractivity contribution in [3.63, 3.8) is 0 Å². The molecule has 0 N–H and O–H groups in total. The molecule has 25 heavy (non-hydrogen) atoms. The number of rotatable bonds is 5. The molecule has 0 atom stereocenters. The van der Waals surface area contributed by atoms with Crippen molar-refractivity contribution in [3.05, 3.63) is 52.8 Å². The molecular formula is C20H22N4O. The van der Waals surface area contributed by atoms with E-state index in [1.54, 1.807) is 0 Å². The lowest BCUT2D eigenvalue weighted by molar-refractivity contribution is 0.0794. The number of nitrogens with zero attached hydrogens (tertiary/aromatic N) is 4. The first-order valence-corrected chi connectivity index (χ1v) is 8.23. The predicted molar refractivity (Wildman–Crippen MR) is 96.5 cm³/mol. The van der Waals surface area contributed by atoms with Gasteiger partial charge in [-0.1, -0.05) is 26.0 Å². The number of hydrogen-bond acceptors (Lipinski definition) is 3. The molecule has 5 heteroatoms. The molecule has 2 rings (SSSR count). The Morgan fingerprint density at radius 2 is 1.68 bits per heavy atom. The van der Waals surface area contributed by atoms with E-state index in [0.29, 0.717) is 11.5 Å². The van der Waals surface area contributed by atoms with Crippen molar-refractivity contribution in [2.45, 2.75) is 33.6 Å². The van der Waals surface area contributed by atoms with Gasteiger partial charge in [0.25, 0.3) is 5.91 Å². The summed E-state index contributed by atoms with van der Waals surface area (Å²) in [5.41, 5.74) is 4.52. The Labute approximate surface area is 148 Å². The second-order valence-corrected chi connectivity index (χ2v) is 6.34.